The number of benzene rings is 3. The van der Waals surface area contributed by atoms with Gasteiger partial charge < -0.3 is 19.3 Å². The number of amides is 3. The Morgan fingerprint density at radius 1 is 1.07 bits per heavy atom. The van der Waals surface area contributed by atoms with Crippen LogP contribution in [0.3, 0.4) is 0 Å². The summed E-state index contributed by atoms with van der Waals surface area (Å²) in [5.41, 5.74) is 3.12. The maximum atomic E-state index is 15.2. The van der Waals surface area contributed by atoms with E-state index in [9.17, 15) is 14.4 Å². The average Bonchev–Trinajstić information content (AvgIpc) is 3.36. The summed E-state index contributed by atoms with van der Waals surface area (Å²) in [5.74, 6) is -1.08. The molecule has 0 bridgehead atoms. The van der Waals surface area contributed by atoms with Crippen molar-refractivity contribution in [2.24, 2.45) is 0 Å². The summed E-state index contributed by atoms with van der Waals surface area (Å²) < 4.78 is 48.4. The molecule has 3 aliphatic rings. The van der Waals surface area contributed by atoms with Crippen molar-refractivity contribution in [3.05, 3.63) is 94.1 Å². The second kappa shape index (κ2) is 12.3. The van der Waals surface area contributed by atoms with Crippen molar-refractivity contribution >= 4 is 29.1 Å². The first-order valence-corrected chi connectivity index (χ1v) is 14.3. The number of nitrogens with one attached hydrogen (secondary N) is 1. The molecule has 226 valence electrons. The fourth-order valence-corrected chi connectivity index (χ4v) is 5.95. The molecule has 2 saturated heterocycles. The third-order valence-electron chi connectivity index (χ3n) is 8.36. The number of methoxy groups -OCH3 is 1. The van der Waals surface area contributed by atoms with Gasteiger partial charge in [0.1, 0.15) is 30.0 Å². The Morgan fingerprint density at radius 3 is 2.66 bits per heavy atom. The van der Waals surface area contributed by atoms with Gasteiger partial charge in [-0.1, -0.05) is 24.3 Å². The van der Waals surface area contributed by atoms with Gasteiger partial charge in [-0.2, -0.15) is 0 Å². The van der Waals surface area contributed by atoms with Crippen LogP contribution in [-0.2, 0) is 29.3 Å². The van der Waals surface area contributed by atoms with Crippen LogP contribution < -0.4 is 19.7 Å². The summed E-state index contributed by atoms with van der Waals surface area (Å²) in [5, 5.41) is 2.29. The molecule has 10 nitrogen and oxygen atoms in total. The molecule has 1 N–H and O–H groups in total. The maximum absolute atomic E-state index is 15.2. The number of anilines is 1. The van der Waals surface area contributed by atoms with Crippen LogP contribution in [0.1, 0.15) is 44.0 Å². The Morgan fingerprint density at radius 2 is 1.91 bits per heavy atom. The van der Waals surface area contributed by atoms with Crippen molar-refractivity contribution in [2.75, 3.05) is 38.1 Å². The molecule has 0 saturated carbocycles. The number of carbonyl (C=O) groups excluding carboxylic acids is 3. The number of fused-ring (bicyclic) bond motifs is 1. The van der Waals surface area contributed by atoms with Gasteiger partial charge in [-0.3, -0.25) is 24.6 Å². The highest BCUT2D eigenvalue weighted by molar-refractivity contribution is 6.05. The zero-order valence-corrected chi connectivity index (χ0v) is 23.8. The van der Waals surface area contributed by atoms with E-state index in [2.05, 4.69) is 20.0 Å². The predicted molar refractivity (Wildman–Crippen MR) is 160 cm³/mol. The molecule has 3 aromatic carbocycles. The number of ether oxygens (including phenoxy) is 2. The van der Waals surface area contributed by atoms with Crippen LogP contribution in [-0.4, -0.2) is 66.8 Å². The Bertz CT molecular complexity index is 1770. The lowest BCUT2D eigenvalue weighted by atomic mass is 10.0. The van der Waals surface area contributed by atoms with Crippen molar-refractivity contribution in [3.63, 3.8) is 0 Å². The Kier molecular flexibility index (Phi) is 7.16. The molecule has 0 unspecified atom stereocenters. The third kappa shape index (κ3) is 5.81. The largest absolute Gasteiger partial charge is 0.508 e. The van der Waals surface area contributed by atoms with Gasteiger partial charge in [0.15, 0.2) is 0 Å². The summed E-state index contributed by atoms with van der Waals surface area (Å²) in [6.07, 6.45) is 0.425. The van der Waals surface area contributed by atoms with Crippen molar-refractivity contribution in [3.8, 4) is 11.5 Å². The average molecular weight is 601 g/mol. The van der Waals surface area contributed by atoms with Crippen LogP contribution in [0.15, 0.2) is 54.6 Å². The van der Waals surface area contributed by atoms with Gasteiger partial charge in [0.2, 0.25) is 17.5 Å². The van der Waals surface area contributed by atoms with E-state index >= 15 is 4.39 Å². The van der Waals surface area contributed by atoms with Gasteiger partial charge in [-0.05, 0) is 42.3 Å². The molecule has 0 spiro atoms. The summed E-state index contributed by atoms with van der Waals surface area (Å²) in [6.45, 7) is 10.6. The first-order valence-electron chi connectivity index (χ1n) is 15.8. The maximum Gasteiger partial charge on any atom is 0.255 e. The van der Waals surface area contributed by atoms with Crippen molar-refractivity contribution in [2.45, 2.75) is 38.6 Å². The molecule has 6 rings (SSSR count). The predicted octanol–water partition coefficient (Wildman–Crippen LogP) is 4.05. The van der Waals surface area contributed by atoms with E-state index in [-0.39, 0.29) is 49.2 Å². The number of piperazine rings is 1. The van der Waals surface area contributed by atoms with E-state index in [0.717, 1.165) is 11.3 Å². The monoisotopic (exact) mass is 600 g/mol. The lowest BCUT2D eigenvalue weighted by Crippen LogP contribution is -2.52. The number of carbonyl (C=O) groups is 3. The molecule has 3 aromatic rings. The van der Waals surface area contributed by atoms with Crippen LogP contribution in [0.25, 0.3) is 4.85 Å². The lowest BCUT2D eigenvalue weighted by molar-refractivity contribution is -0.136. The zero-order chi connectivity index (χ0) is 33.3. The van der Waals surface area contributed by atoms with Gasteiger partial charge in [0.25, 0.3) is 5.91 Å². The van der Waals surface area contributed by atoms with Crippen LogP contribution in [0.4, 0.5) is 15.8 Å². The number of piperidine rings is 1. The smallest absolute Gasteiger partial charge is 0.255 e. The van der Waals surface area contributed by atoms with Gasteiger partial charge in [-0.25, -0.2) is 9.24 Å². The SMILES string of the molecule is [2H]C([2H])([2H])Oc1cc(N2CCN(Cc3ccc(COc4cccc5c4CN([C@H]4CCC(=O)NC4=O)C5=O)c(F)c3)CC2)ccc1[N+]#[C-]. The summed E-state index contributed by atoms with van der Waals surface area (Å²) >= 11 is 0. The molecular weight excluding hydrogens is 565 g/mol. The topological polar surface area (TPSA) is 95.8 Å². The van der Waals surface area contributed by atoms with E-state index in [1.165, 1.54) is 11.0 Å². The van der Waals surface area contributed by atoms with Crippen LogP contribution >= 0.6 is 0 Å². The minimum Gasteiger partial charge on any atom is -0.508 e. The van der Waals surface area contributed by atoms with Crippen molar-refractivity contribution in [1.29, 1.82) is 0 Å². The normalized spacial score (nSPS) is 19.9. The van der Waals surface area contributed by atoms with Gasteiger partial charge >= 0.3 is 0 Å². The fourth-order valence-electron chi connectivity index (χ4n) is 5.95. The minimum atomic E-state index is -2.66. The number of nitrogens with zero attached hydrogens (tertiary/aromatic N) is 4. The fraction of sp³-hybridized carbons (Fsp3) is 0.333. The second-order valence-corrected chi connectivity index (χ2v) is 11.0. The molecule has 0 aromatic heterocycles. The molecule has 3 heterocycles. The molecule has 0 aliphatic carbocycles. The van der Waals surface area contributed by atoms with Crippen molar-refractivity contribution in [1.82, 2.24) is 15.1 Å². The first kappa shape index (κ1) is 25.5. The number of hydrogen-bond donors (Lipinski definition) is 1. The third-order valence-corrected chi connectivity index (χ3v) is 8.36. The highest BCUT2D eigenvalue weighted by Gasteiger charge is 2.40. The highest BCUT2D eigenvalue weighted by Crippen LogP contribution is 2.35. The Hall–Kier alpha value is -4.95. The van der Waals surface area contributed by atoms with E-state index in [1.54, 1.807) is 42.5 Å². The molecular formula is C33H32FN5O5. The molecule has 11 heteroatoms. The number of hydrogen-bond acceptors (Lipinski definition) is 7. The van der Waals surface area contributed by atoms with Crippen molar-refractivity contribution < 1.29 is 32.4 Å². The first-order chi connectivity index (χ1) is 22.5. The number of imide groups is 1. The van der Waals surface area contributed by atoms with Gasteiger partial charge in [0, 0.05) is 61.5 Å². The molecule has 3 aliphatic heterocycles. The van der Waals surface area contributed by atoms with E-state index < -0.39 is 24.8 Å². The second-order valence-electron chi connectivity index (χ2n) is 11.0. The van der Waals surface area contributed by atoms with E-state index in [1.807, 2.05) is 6.07 Å². The van der Waals surface area contributed by atoms with Crippen LogP contribution in [0.5, 0.6) is 11.5 Å². The van der Waals surface area contributed by atoms with Gasteiger partial charge in [0.05, 0.1) is 24.3 Å². The number of rotatable bonds is 8. The lowest BCUT2D eigenvalue weighted by Gasteiger charge is -2.36. The van der Waals surface area contributed by atoms with E-state index in [4.69, 9.17) is 20.2 Å². The molecule has 1 atom stereocenters. The highest BCUT2D eigenvalue weighted by atomic mass is 19.1. The van der Waals surface area contributed by atoms with E-state index in [0.29, 0.717) is 55.2 Å². The summed E-state index contributed by atoms with van der Waals surface area (Å²) in [7, 11) is -2.66. The standard InChI is InChI=1S/C33H32FN5O5/c1-35-27-9-8-23(17-30(27)43-2)38-14-12-37(13-15-38)18-21-6-7-22(26(34)16-21)20-44-29-5-3-4-24-25(29)19-39(33(24)42)28-10-11-31(40)36-32(28)41/h3-9,16-17,28H,10-15,18-20H2,2H3,(H,36,40,41)/t28-/m0/s1/i2D3. The van der Waals surface area contributed by atoms with Crippen LogP contribution in [0, 0.1) is 12.4 Å². The Balaban J connectivity index is 1.04. The zero-order valence-electron chi connectivity index (χ0n) is 26.8. The quantitative estimate of drug-likeness (QED) is 0.308. The summed E-state index contributed by atoms with van der Waals surface area (Å²) in [4.78, 5) is 46.1. The van der Waals surface area contributed by atoms with Gasteiger partial charge in [-0.15, -0.1) is 0 Å². The summed E-state index contributed by atoms with van der Waals surface area (Å²) in [6, 6.07) is 14.3. The minimum absolute atomic E-state index is 0.0267. The number of halogens is 1. The molecule has 44 heavy (non-hydrogen) atoms. The molecule has 3 amide bonds. The molecule has 0 radical (unpaired) electrons. The molecule has 2 fully saturated rings. The van der Waals surface area contributed by atoms with Crippen LogP contribution in [0.2, 0.25) is 0 Å². The Labute approximate surface area is 259 Å².